The molecule has 98 valence electrons. The molecule has 0 saturated heterocycles. The van der Waals surface area contributed by atoms with Crippen molar-refractivity contribution in [3.63, 3.8) is 0 Å². The molecule has 0 radical (unpaired) electrons. The molecule has 0 spiro atoms. The lowest BCUT2D eigenvalue weighted by atomic mass is 9.80. The highest BCUT2D eigenvalue weighted by Crippen LogP contribution is 2.40. The highest BCUT2D eigenvalue weighted by Gasteiger charge is 2.27. The number of alkyl halides is 1. The first kappa shape index (κ1) is 12.7. The third-order valence-corrected chi connectivity index (χ3v) is 4.53. The molecule has 3 rings (SSSR count). The summed E-state index contributed by atoms with van der Waals surface area (Å²) in [6.07, 6.45) is 2.99. The van der Waals surface area contributed by atoms with Crippen molar-refractivity contribution >= 4 is 11.6 Å². The molecule has 0 fully saturated rings. The van der Waals surface area contributed by atoms with E-state index in [4.69, 9.17) is 11.6 Å². The van der Waals surface area contributed by atoms with Crippen molar-refractivity contribution in [1.82, 2.24) is 0 Å². The van der Waals surface area contributed by atoms with E-state index < -0.39 is 0 Å². The van der Waals surface area contributed by atoms with Crippen molar-refractivity contribution in [3.05, 3.63) is 71.0 Å². The van der Waals surface area contributed by atoms with Crippen LogP contribution >= 0.6 is 11.6 Å². The van der Waals surface area contributed by atoms with Crippen molar-refractivity contribution in [2.24, 2.45) is 5.92 Å². The lowest BCUT2D eigenvalue weighted by Crippen LogP contribution is -2.19. The molecule has 0 aromatic heterocycles. The van der Waals surface area contributed by atoms with Crippen LogP contribution in [0.3, 0.4) is 0 Å². The summed E-state index contributed by atoms with van der Waals surface area (Å²) in [5, 5.41) is 0.0354. The Hall–Kier alpha value is -1.34. The van der Waals surface area contributed by atoms with Crippen LogP contribution in [0.2, 0.25) is 0 Å². The molecular formula is C17H16ClF. The average Bonchev–Trinajstić information content (AvgIpc) is 2.42. The molecule has 2 heteroatoms. The van der Waals surface area contributed by atoms with E-state index in [2.05, 4.69) is 18.2 Å². The lowest BCUT2D eigenvalue weighted by molar-refractivity contribution is 0.441. The fourth-order valence-corrected chi connectivity index (χ4v) is 3.37. The lowest BCUT2D eigenvalue weighted by Gasteiger charge is -2.29. The summed E-state index contributed by atoms with van der Waals surface area (Å²) in [5.74, 6) is 0.221. The fraction of sp³-hybridized carbons (Fsp3) is 0.294. The summed E-state index contributed by atoms with van der Waals surface area (Å²) in [7, 11) is 0. The van der Waals surface area contributed by atoms with Crippen LogP contribution in [0.25, 0.3) is 0 Å². The van der Waals surface area contributed by atoms with Crippen molar-refractivity contribution in [2.75, 3.05) is 0 Å². The minimum Gasteiger partial charge on any atom is -0.207 e. The van der Waals surface area contributed by atoms with Crippen LogP contribution in [0.5, 0.6) is 0 Å². The minimum absolute atomic E-state index is 0.0354. The van der Waals surface area contributed by atoms with Gasteiger partial charge in [-0.15, -0.1) is 11.6 Å². The molecule has 0 nitrogen and oxygen atoms in total. The van der Waals surface area contributed by atoms with E-state index >= 15 is 0 Å². The number of hydrogen-bond acceptors (Lipinski definition) is 0. The fourth-order valence-electron chi connectivity index (χ4n) is 2.94. The number of rotatable bonds is 2. The van der Waals surface area contributed by atoms with E-state index in [0.29, 0.717) is 5.92 Å². The molecule has 2 aromatic rings. The molecular weight excluding hydrogens is 259 g/mol. The van der Waals surface area contributed by atoms with Gasteiger partial charge in [0.2, 0.25) is 0 Å². The van der Waals surface area contributed by atoms with Gasteiger partial charge in [-0.05, 0) is 54.0 Å². The zero-order valence-corrected chi connectivity index (χ0v) is 11.4. The summed E-state index contributed by atoms with van der Waals surface area (Å²) in [6, 6.07) is 15.2. The molecule has 0 aliphatic heterocycles. The Kier molecular flexibility index (Phi) is 3.56. The van der Waals surface area contributed by atoms with Crippen LogP contribution in [-0.2, 0) is 12.8 Å². The van der Waals surface area contributed by atoms with Crippen LogP contribution in [0.1, 0.15) is 28.5 Å². The molecule has 1 aliphatic carbocycles. The topological polar surface area (TPSA) is 0 Å². The van der Waals surface area contributed by atoms with Crippen LogP contribution in [0, 0.1) is 11.7 Å². The summed E-state index contributed by atoms with van der Waals surface area (Å²) < 4.78 is 13.2. The number of benzene rings is 2. The Labute approximate surface area is 118 Å². The minimum atomic E-state index is -0.167. The first-order valence-electron chi connectivity index (χ1n) is 6.70. The highest BCUT2D eigenvalue weighted by molar-refractivity contribution is 6.21. The Morgan fingerprint density at radius 3 is 2.79 bits per heavy atom. The van der Waals surface area contributed by atoms with Gasteiger partial charge in [0.1, 0.15) is 5.82 Å². The third kappa shape index (κ3) is 2.66. The van der Waals surface area contributed by atoms with E-state index in [0.717, 1.165) is 24.8 Å². The highest BCUT2D eigenvalue weighted by atomic mass is 35.5. The van der Waals surface area contributed by atoms with Crippen LogP contribution in [-0.4, -0.2) is 0 Å². The number of hydrogen-bond donors (Lipinski definition) is 0. The molecule has 19 heavy (non-hydrogen) atoms. The van der Waals surface area contributed by atoms with Crippen LogP contribution < -0.4 is 0 Å². The molecule has 2 atom stereocenters. The molecule has 2 aromatic carbocycles. The Balaban J connectivity index is 1.81. The maximum absolute atomic E-state index is 13.2. The maximum Gasteiger partial charge on any atom is 0.123 e. The summed E-state index contributed by atoms with van der Waals surface area (Å²) in [6.45, 7) is 0. The zero-order chi connectivity index (χ0) is 13.2. The molecule has 0 bridgehead atoms. The molecule has 0 N–H and O–H groups in total. The van der Waals surface area contributed by atoms with Crippen LogP contribution in [0.4, 0.5) is 4.39 Å². The second-order valence-corrected chi connectivity index (χ2v) is 5.70. The van der Waals surface area contributed by atoms with Gasteiger partial charge in [0, 0.05) is 0 Å². The van der Waals surface area contributed by atoms with Crippen LogP contribution in [0.15, 0.2) is 48.5 Å². The van der Waals surface area contributed by atoms with Gasteiger partial charge in [-0.25, -0.2) is 4.39 Å². The molecule has 0 saturated carbocycles. The van der Waals surface area contributed by atoms with E-state index in [1.54, 1.807) is 12.1 Å². The van der Waals surface area contributed by atoms with E-state index in [1.807, 2.05) is 12.1 Å². The summed E-state index contributed by atoms with van der Waals surface area (Å²) in [4.78, 5) is 0. The van der Waals surface area contributed by atoms with Crippen molar-refractivity contribution < 1.29 is 4.39 Å². The normalized spacial score (nSPS) is 22.0. The Morgan fingerprint density at radius 1 is 1.11 bits per heavy atom. The first-order chi connectivity index (χ1) is 9.24. The third-order valence-electron chi connectivity index (χ3n) is 3.94. The standard InChI is InChI=1S/C17H16ClF/c18-17-14(10-12-4-3-6-15(19)11-12)9-8-13-5-1-2-7-16(13)17/h1-7,11,14,17H,8-10H2. The molecule has 2 unspecified atom stereocenters. The maximum atomic E-state index is 13.2. The second-order valence-electron chi connectivity index (χ2n) is 5.23. The van der Waals surface area contributed by atoms with Gasteiger partial charge < -0.3 is 0 Å². The first-order valence-corrected chi connectivity index (χ1v) is 7.14. The molecule has 1 aliphatic rings. The zero-order valence-electron chi connectivity index (χ0n) is 10.7. The smallest absolute Gasteiger partial charge is 0.123 e. The monoisotopic (exact) mass is 274 g/mol. The number of fused-ring (bicyclic) bond motifs is 1. The number of aryl methyl sites for hydroxylation is 1. The van der Waals surface area contributed by atoms with Crippen molar-refractivity contribution in [1.29, 1.82) is 0 Å². The van der Waals surface area contributed by atoms with E-state index in [9.17, 15) is 4.39 Å². The van der Waals surface area contributed by atoms with Gasteiger partial charge >= 0.3 is 0 Å². The van der Waals surface area contributed by atoms with Gasteiger partial charge in [-0.3, -0.25) is 0 Å². The van der Waals surface area contributed by atoms with E-state index in [1.165, 1.54) is 17.2 Å². The average molecular weight is 275 g/mol. The van der Waals surface area contributed by atoms with E-state index in [-0.39, 0.29) is 11.2 Å². The Bertz CT molecular complexity index is 579. The quantitative estimate of drug-likeness (QED) is 0.683. The summed E-state index contributed by atoms with van der Waals surface area (Å²) in [5.41, 5.74) is 3.64. The van der Waals surface area contributed by atoms with Gasteiger partial charge in [0.05, 0.1) is 5.38 Å². The van der Waals surface area contributed by atoms with Gasteiger partial charge in [-0.2, -0.15) is 0 Å². The predicted octanol–water partition coefficient (Wildman–Crippen LogP) is 4.91. The Morgan fingerprint density at radius 2 is 1.95 bits per heavy atom. The number of halogens is 2. The van der Waals surface area contributed by atoms with Gasteiger partial charge in [0.15, 0.2) is 0 Å². The molecule has 0 amide bonds. The second kappa shape index (κ2) is 5.34. The molecule has 0 heterocycles. The van der Waals surface area contributed by atoms with Crippen molar-refractivity contribution in [2.45, 2.75) is 24.6 Å². The summed E-state index contributed by atoms with van der Waals surface area (Å²) >= 11 is 6.61. The van der Waals surface area contributed by atoms with Gasteiger partial charge in [0.25, 0.3) is 0 Å². The predicted molar refractivity (Wildman–Crippen MR) is 77.0 cm³/mol. The SMILES string of the molecule is Fc1cccc(CC2CCc3ccccc3C2Cl)c1. The largest absolute Gasteiger partial charge is 0.207 e. The van der Waals surface area contributed by atoms with Gasteiger partial charge in [-0.1, -0.05) is 36.4 Å². The van der Waals surface area contributed by atoms with Crippen molar-refractivity contribution in [3.8, 4) is 0 Å².